The molecule has 0 bridgehead atoms. The fourth-order valence-electron chi connectivity index (χ4n) is 0.741. The monoisotopic (exact) mass is 292 g/mol. The molecule has 1 aromatic rings. The summed E-state index contributed by atoms with van der Waals surface area (Å²) in [6.07, 6.45) is 0. The Balaban J connectivity index is 2.33. The van der Waals surface area contributed by atoms with Gasteiger partial charge in [-0.05, 0) is 0 Å². The van der Waals surface area contributed by atoms with Gasteiger partial charge in [-0.2, -0.15) is 0 Å². The molecule has 0 fully saturated rings. The van der Waals surface area contributed by atoms with Gasteiger partial charge in [-0.15, -0.1) is 0 Å². The predicted molar refractivity (Wildman–Crippen MR) is 57.2 cm³/mol. The van der Waals surface area contributed by atoms with Crippen LogP contribution in [0.1, 0.15) is 6.92 Å². The van der Waals surface area contributed by atoms with Gasteiger partial charge in [-0.1, -0.05) is 0 Å². The molecule has 12 heavy (non-hydrogen) atoms. The molecule has 0 atom stereocenters. The van der Waals surface area contributed by atoms with Crippen molar-refractivity contribution in [1.29, 1.82) is 0 Å². The zero-order valence-electron chi connectivity index (χ0n) is 7.07. The van der Waals surface area contributed by atoms with Crippen LogP contribution < -0.4 is 4.46 Å². The molecule has 0 aromatic heterocycles. The molecule has 0 amide bonds. The second kappa shape index (κ2) is 6.51. The Bertz CT molecular complexity index is 229. The second-order valence-electron chi connectivity index (χ2n) is 2.16. The summed E-state index contributed by atoms with van der Waals surface area (Å²) in [6.45, 7) is 2.24. The van der Waals surface area contributed by atoms with E-state index in [2.05, 4.69) is 47.2 Å². The molecule has 0 N–H and O–H groups in total. The van der Waals surface area contributed by atoms with E-state index in [4.69, 9.17) is 0 Å². The van der Waals surface area contributed by atoms with E-state index in [-0.39, 0.29) is 0 Å². The van der Waals surface area contributed by atoms with Crippen LogP contribution in [0.15, 0.2) is 40.3 Å². The number of rotatable bonds is 4. The third kappa shape index (κ3) is 4.13. The van der Waals surface area contributed by atoms with E-state index in [9.17, 15) is 0 Å². The van der Waals surface area contributed by atoms with Crippen molar-refractivity contribution < 1.29 is 0 Å². The quantitative estimate of drug-likeness (QED) is 0.739. The third-order valence-electron chi connectivity index (χ3n) is 1.27. The second-order valence-corrected chi connectivity index (χ2v) is 6.69. The zero-order valence-corrected chi connectivity index (χ0v) is 10.5. The normalized spacial score (nSPS) is 10.8. The molecule has 0 radical (unpaired) electrons. The van der Waals surface area contributed by atoms with Crippen molar-refractivity contribution in [3.63, 3.8) is 0 Å². The van der Waals surface area contributed by atoms with Crippen LogP contribution in [0.5, 0.6) is 0 Å². The van der Waals surface area contributed by atoms with E-state index in [1.54, 1.807) is 0 Å². The fraction of sp³-hybridized carbons (Fsp3) is 0.200. The molecule has 0 unspecified atom stereocenters. The van der Waals surface area contributed by atoms with Gasteiger partial charge in [0.1, 0.15) is 0 Å². The average molecular weight is 290 g/mol. The molecule has 0 saturated heterocycles. The van der Waals surface area contributed by atoms with Gasteiger partial charge >= 0.3 is 86.9 Å². The van der Waals surface area contributed by atoms with Crippen LogP contribution >= 0.6 is 0 Å². The first-order valence-corrected chi connectivity index (χ1v) is 7.96. The predicted octanol–water partition coefficient (Wildman–Crippen LogP) is 1.63. The molecule has 0 heterocycles. The van der Waals surface area contributed by atoms with E-state index >= 15 is 0 Å². The maximum atomic E-state index is 2.35. The van der Waals surface area contributed by atoms with Gasteiger partial charge in [0.25, 0.3) is 0 Å². The van der Waals surface area contributed by atoms with Gasteiger partial charge in [-0.25, -0.2) is 0 Å². The SMILES string of the molecule is CC[Se]/C=C/[Se]c1ccccc1. The van der Waals surface area contributed by atoms with Crippen molar-refractivity contribution in [2.45, 2.75) is 12.2 Å². The molecule has 0 spiro atoms. The summed E-state index contributed by atoms with van der Waals surface area (Å²) in [5.41, 5.74) is 0. The summed E-state index contributed by atoms with van der Waals surface area (Å²) in [5, 5.41) is 1.31. The van der Waals surface area contributed by atoms with Crippen molar-refractivity contribution in [3.8, 4) is 0 Å². The Morgan fingerprint density at radius 3 is 2.58 bits per heavy atom. The van der Waals surface area contributed by atoms with Crippen LogP contribution in [0.4, 0.5) is 0 Å². The van der Waals surface area contributed by atoms with Crippen molar-refractivity contribution >= 4 is 34.4 Å². The first-order valence-electron chi connectivity index (χ1n) is 3.92. The Hall–Kier alpha value is -0.00104. The molecular formula is C10H12Se2. The van der Waals surface area contributed by atoms with E-state index in [1.165, 1.54) is 9.78 Å². The fourth-order valence-corrected chi connectivity index (χ4v) is 3.88. The van der Waals surface area contributed by atoms with Gasteiger partial charge in [-0.3, -0.25) is 0 Å². The first-order chi connectivity index (χ1) is 5.93. The van der Waals surface area contributed by atoms with Crippen LogP contribution in [-0.4, -0.2) is 29.9 Å². The van der Waals surface area contributed by atoms with Crippen LogP contribution in [0.2, 0.25) is 5.32 Å². The summed E-state index contributed by atoms with van der Waals surface area (Å²) < 4.78 is 1.47. The van der Waals surface area contributed by atoms with Gasteiger partial charge in [0.2, 0.25) is 0 Å². The number of benzene rings is 1. The standard InChI is InChI=1S/C10H12Se2/c1-2-11-8-9-12-10-6-4-3-5-7-10/h3-9H,2H2,1H3/b9-8+. The Morgan fingerprint density at radius 2 is 1.92 bits per heavy atom. The molecule has 0 saturated carbocycles. The van der Waals surface area contributed by atoms with E-state index < -0.39 is 0 Å². The van der Waals surface area contributed by atoms with Gasteiger partial charge < -0.3 is 0 Å². The van der Waals surface area contributed by atoms with Crippen LogP contribution in [0.3, 0.4) is 0 Å². The first kappa shape index (κ1) is 10.1. The van der Waals surface area contributed by atoms with E-state index in [1.807, 2.05) is 0 Å². The Labute approximate surface area is 86.8 Å². The topological polar surface area (TPSA) is 0 Å². The number of hydrogen-bond acceptors (Lipinski definition) is 0. The summed E-state index contributed by atoms with van der Waals surface area (Å²) in [7, 11) is 0. The molecule has 0 aliphatic rings. The molecule has 64 valence electrons. The van der Waals surface area contributed by atoms with Crippen molar-refractivity contribution in [1.82, 2.24) is 0 Å². The molecule has 1 aromatic carbocycles. The van der Waals surface area contributed by atoms with Crippen LogP contribution in [0, 0.1) is 0 Å². The summed E-state index contributed by atoms with van der Waals surface area (Å²) >= 11 is 1.29. The van der Waals surface area contributed by atoms with Gasteiger partial charge in [0, 0.05) is 0 Å². The van der Waals surface area contributed by atoms with E-state index in [0.717, 1.165) is 15.0 Å². The van der Waals surface area contributed by atoms with Crippen LogP contribution in [0.25, 0.3) is 0 Å². The minimum atomic E-state index is 0.554. The summed E-state index contributed by atoms with van der Waals surface area (Å²) in [5.74, 6) is 0. The van der Waals surface area contributed by atoms with Crippen molar-refractivity contribution in [3.05, 3.63) is 40.3 Å². The molecule has 0 aliphatic heterocycles. The van der Waals surface area contributed by atoms with E-state index in [0.29, 0.717) is 15.0 Å². The summed E-state index contributed by atoms with van der Waals surface area (Å²) in [6, 6.07) is 10.7. The molecule has 2 heteroatoms. The molecular weight excluding hydrogens is 278 g/mol. The summed E-state index contributed by atoms with van der Waals surface area (Å²) in [4.78, 5) is 4.69. The van der Waals surface area contributed by atoms with Crippen molar-refractivity contribution in [2.24, 2.45) is 0 Å². The Kier molecular flexibility index (Phi) is 5.47. The Morgan fingerprint density at radius 1 is 1.17 bits per heavy atom. The van der Waals surface area contributed by atoms with Crippen molar-refractivity contribution in [2.75, 3.05) is 0 Å². The molecule has 0 aliphatic carbocycles. The zero-order chi connectivity index (χ0) is 8.65. The molecule has 0 nitrogen and oxygen atoms in total. The minimum absolute atomic E-state index is 0.554. The average Bonchev–Trinajstić information content (AvgIpc) is 2.14. The number of hydrogen-bond donors (Lipinski definition) is 0. The molecule has 1 rings (SSSR count). The maximum absolute atomic E-state index is 2.35. The third-order valence-corrected chi connectivity index (χ3v) is 5.24. The van der Waals surface area contributed by atoms with Gasteiger partial charge in [0.05, 0.1) is 0 Å². The van der Waals surface area contributed by atoms with Crippen LogP contribution in [-0.2, 0) is 0 Å². The van der Waals surface area contributed by atoms with Gasteiger partial charge in [0.15, 0.2) is 0 Å².